The van der Waals surface area contributed by atoms with Crippen LogP contribution in [0.2, 0.25) is 0 Å². The Hall–Kier alpha value is -1.91. The SMILES string of the molecule is O=C1NC(=NC2CC2)NC12CCc1c(F)cccc12. The molecule has 0 aromatic heterocycles. The molecule has 1 saturated carbocycles. The Morgan fingerprint density at radius 1 is 1.37 bits per heavy atom. The molecule has 1 saturated heterocycles. The lowest BCUT2D eigenvalue weighted by atomic mass is 9.92. The van der Waals surface area contributed by atoms with Crippen molar-refractivity contribution < 1.29 is 9.18 Å². The summed E-state index contributed by atoms with van der Waals surface area (Å²) in [4.78, 5) is 16.7. The van der Waals surface area contributed by atoms with Crippen LogP contribution >= 0.6 is 0 Å². The molecule has 4 rings (SSSR count). The molecule has 1 unspecified atom stereocenters. The molecule has 1 aromatic rings. The van der Waals surface area contributed by atoms with Crippen molar-refractivity contribution in [2.24, 2.45) is 4.99 Å². The number of nitrogens with zero attached hydrogens (tertiary/aromatic N) is 1. The minimum atomic E-state index is -0.814. The van der Waals surface area contributed by atoms with E-state index in [9.17, 15) is 9.18 Å². The fraction of sp³-hybridized carbons (Fsp3) is 0.429. The van der Waals surface area contributed by atoms with Gasteiger partial charge in [0.25, 0.3) is 5.91 Å². The van der Waals surface area contributed by atoms with Gasteiger partial charge in [0.2, 0.25) is 0 Å². The lowest BCUT2D eigenvalue weighted by Gasteiger charge is -2.21. The zero-order valence-corrected chi connectivity index (χ0v) is 10.4. The summed E-state index contributed by atoms with van der Waals surface area (Å²) in [6, 6.07) is 5.28. The van der Waals surface area contributed by atoms with E-state index < -0.39 is 5.54 Å². The summed E-state index contributed by atoms with van der Waals surface area (Å²) in [6.45, 7) is 0. The number of amides is 1. The first-order chi connectivity index (χ1) is 9.19. The zero-order chi connectivity index (χ0) is 13.0. The highest BCUT2D eigenvalue weighted by molar-refractivity contribution is 6.10. The second kappa shape index (κ2) is 3.56. The Bertz CT molecular complexity index is 609. The summed E-state index contributed by atoms with van der Waals surface area (Å²) >= 11 is 0. The third-order valence-corrected chi connectivity index (χ3v) is 4.14. The van der Waals surface area contributed by atoms with Crippen molar-refractivity contribution in [3.63, 3.8) is 0 Å². The Balaban J connectivity index is 1.76. The molecule has 1 aliphatic heterocycles. The molecule has 1 heterocycles. The number of halogens is 1. The van der Waals surface area contributed by atoms with Gasteiger partial charge in [-0.3, -0.25) is 10.1 Å². The largest absolute Gasteiger partial charge is 0.338 e. The van der Waals surface area contributed by atoms with Crippen molar-refractivity contribution in [2.75, 3.05) is 0 Å². The van der Waals surface area contributed by atoms with Gasteiger partial charge in [-0.25, -0.2) is 9.38 Å². The first-order valence-corrected chi connectivity index (χ1v) is 6.64. The molecule has 1 amide bonds. The molecular weight excluding hydrogens is 245 g/mol. The van der Waals surface area contributed by atoms with E-state index in [1.807, 2.05) is 6.07 Å². The van der Waals surface area contributed by atoms with Gasteiger partial charge in [-0.2, -0.15) is 0 Å². The number of hydrogen-bond donors (Lipinski definition) is 2. The van der Waals surface area contributed by atoms with Crippen LogP contribution in [0.15, 0.2) is 23.2 Å². The van der Waals surface area contributed by atoms with Crippen LogP contribution < -0.4 is 10.6 Å². The molecule has 19 heavy (non-hydrogen) atoms. The van der Waals surface area contributed by atoms with Gasteiger partial charge in [0, 0.05) is 0 Å². The predicted octanol–water partition coefficient (Wildman–Crippen LogP) is 1.20. The van der Waals surface area contributed by atoms with E-state index in [0.29, 0.717) is 30.4 Å². The van der Waals surface area contributed by atoms with Crippen molar-refractivity contribution in [3.8, 4) is 0 Å². The number of aliphatic imine (C=N–C) groups is 1. The van der Waals surface area contributed by atoms with Gasteiger partial charge in [-0.05, 0) is 42.9 Å². The van der Waals surface area contributed by atoms with E-state index in [4.69, 9.17) is 0 Å². The van der Waals surface area contributed by atoms with Crippen molar-refractivity contribution in [1.82, 2.24) is 10.6 Å². The number of nitrogens with one attached hydrogen (secondary N) is 2. The summed E-state index contributed by atoms with van der Waals surface area (Å²) in [6.07, 6.45) is 3.33. The smallest absolute Gasteiger partial charge is 0.257 e. The van der Waals surface area contributed by atoms with Crippen LogP contribution in [0.3, 0.4) is 0 Å². The molecule has 0 bridgehead atoms. The van der Waals surface area contributed by atoms with E-state index in [-0.39, 0.29) is 11.7 Å². The van der Waals surface area contributed by atoms with Crippen LogP contribution in [0.25, 0.3) is 0 Å². The number of carbonyl (C=O) groups excluding carboxylic acids is 1. The highest BCUT2D eigenvalue weighted by Gasteiger charge is 2.51. The maximum Gasteiger partial charge on any atom is 0.257 e. The molecule has 4 nitrogen and oxygen atoms in total. The number of carbonyl (C=O) groups is 1. The number of guanidine groups is 1. The highest BCUT2D eigenvalue weighted by atomic mass is 19.1. The van der Waals surface area contributed by atoms with Crippen LogP contribution in [0.1, 0.15) is 30.4 Å². The van der Waals surface area contributed by atoms with Crippen LogP contribution in [-0.4, -0.2) is 17.9 Å². The average molecular weight is 259 g/mol. The number of fused-ring (bicyclic) bond motifs is 2. The van der Waals surface area contributed by atoms with Gasteiger partial charge in [0.1, 0.15) is 11.4 Å². The second-order valence-corrected chi connectivity index (χ2v) is 5.46. The van der Waals surface area contributed by atoms with Crippen molar-refractivity contribution in [1.29, 1.82) is 0 Å². The van der Waals surface area contributed by atoms with Crippen LogP contribution in [-0.2, 0) is 16.8 Å². The summed E-state index contributed by atoms with van der Waals surface area (Å²) < 4.78 is 13.8. The first-order valence-electron chi connectivity index (χ1n) is 6.64. The Morgan fingerprint density at radius 2 is 2.21 bits per heavy atom. The number of hydrogen-bond acceptors (Lipinski definition) is 2. The predicted molar refractivity (Wildman–Crippen MR) is 68.1 cm³/mol. The molecule has 3 aliphatic rings. The lowest BCUT2D eigenvalue weighted by Crippen LogP contribution is -2.41. The van der Waals surface area contributed by atoms with Gasteiger partial charge in [-0.1, -0.05) is 12.1 Å². The maximum atomic E-state index is 13.8. The summed E-state index contributed by atoms with van der Waals surface area (Å²) in [5.41, 5.74) is 0.592. The highest BCUT2D eigenvalue weighted by Crippen LogP contribution is 2.40. The van der Waals surface area contributed by atoms with Crippen LogP contribution in [0, 0.1) is 5.82 Å². The molecule has 98 valence electrons. The summed E-state index contributed by atoms with van der Waals surface area (Å²) in [5, 5.41) is 5.99. The fourth-order valence-corrected chi connectivity index (χ4v) is 2.98. The molecule has 2 N–H and O–H groups in total. The van der Waals surface area contributed by atoms with E-state index >= 15 is 0 Å². The number of rotatable bonds is 1. The minimum Gasteiger partial charge on any atom is -0.338 e. The van der Waals surface area contributed by atoms with E-state index in [0.717, 1.165) is 18.4 Å². The van der Waals surface area contributed by atoms with Gasteiger partial charge in [0.15, 0.2) is 5.96 Å². The molecule has 2 aliphatic carbocycles. The van der Waals surface area contributed by atoms with Gasteiger partial charge < -0.3 is 5.32 Å². The van der Waals surface area contributed by atoms with Crippen LogP contribution in [0.4, 0.5) is 4.39 Å². The van der Waals surface area contributed by atoms with E-state index in [1.165, 1.54) is 6.07 Å². The topological polar surface area (TPSA) is 53.5 Å². The van der Waals surface area contributed by atoms with Gasteiger partial charge in [-0.15, -0.1) is 0 Å². The quantitative estimate of drug-likeness (QED) is 0.796. The van der Waals surface area contributed by atoms with Crippen molar-refractivity contribution in [3.05, 3.63) is 35.1 Å². The van der Waals surface area contributed by atoms with Gasteiger partial charge in [0.05, 0.1) is 6.04 Å². The molecule has 2 fully saturated rings. The normalized spacial score (nSPS) is 30.6. The molecule has 5 heteroatoms. The second-order valence-electron chi connectivity index (χ2n) is 5.46. The molecule has 0 radical (unpaired) electrons. The Morgan fingerprint density at radius 3 is 3.00 bits per heavy atom. The standard InChI is InChI=1S/C14H14FN3O/c15-11-3-1-2-10-9(11)6-7-14(10)12(19)17-13(18-14)16-8-4-5-8/h1-3,8H,4-7H2,(H2,16,17,18,19). The minimum absolute atomic E-state index is 0.115. The molecule has 1 aromatic carbocycles. The maximum absolute atomic E-state index is 13.8. The monoisotopic (exact) mass is 259 g/mol. The molecule has 1 atom stereocenters. The van der Waals surface area contributed by atoms with Crippen molar-refractivity contribution in [2.45, 2.75) is 37.3 Å². The van der Waals surface area contributed by atoms with E-state index in [1.54, 1.807) is 6.07 Å². The van der Waals surface area contributed by atoms with Gasteiger partial charge >= 0.3 is 0 Å². The zero-order valence-electron chi connectivity index (χ0n) is 10.4. The first kappa shape index (κ1) is 11.0. The van der Waals surface area contributed by atoms with Crippen LogP contribution in [0.5, 0.6) is 0 Å². The third kappa shape index (κ3) is 1.50. The lowest BCUT2D eigenvalue weighted by molar-refractivity contribution is -0.124. The third-order valence-electron chi connectivity index (χ3n) is 4.14. The molecular formula is C14H14FN3O. The average Bonchev–Trinajstić information content (AvgIpc) is 3.02. The Labute approximate surface area is 110 Å². The Kier molecular flexibility index (Phi) is 2.05. The fourth-order valence-electron chi connectivity index (χ4n) is 2.98. The summed E-state index contributed by atoms with van der Waals surface area (Å²) in [5.74, 6) is 0.206. The molecule has 1 spiro atoms. The van der Waals surface area contributed by atoms with Crippen molar-refractivity contribution >= 4 is 11.9 Å². The number of benzene rings is 1. The summed E-state index contributed by atoms with van der Waals surface area (Å²) in [7, 11) is 0. The van der Waals surface area contributed by atoms with E-state index in [2.05, 4.69) is 15.6 Å².